The van der Waals surface area contributed by atoms with Crippen molar-refractivity contribution in [2.24, 2.45) is 0 Å². The Morgan fingerprint density at radius 1 is 1.13 bits per heavy atom. The van der Waals surface area contributed by atoms with Crippen LogP contribution in [-0.4, -0.2) is 26.1 Å². The zero-order valence-electron chi connectivity index (χ0n) is 12.4. The summed E-state index contributed by atoms with van der Waals surface area (Å²) in [5, 5.41) is 14.9. The molecule has 0 atom stereocenters. The number of tetrazole rings is 1. The first-order valence-electron chi connectivity index (χ1n) is 7.00. The number of carbonyl (C=O) groups excluding carboxylic acids is 1. The predicted molar refractivity (Wildman–Crippen MR) is 88.1 cm³/mol. The third-order valence-corrected chi connectivity index (χ3v) is 3.51. The van der Waals surface area contributed by atoms with Crippen LogP contribution in [0.1, 0.15) is 5.56 Å². The molecule has 0 aliphatic carbocycles. The Balaban J connectivity index is 1.73. The van der Waals surface area contributed by atoms with Crippen molar-refractivity contribution in [3.8, 4) is 11.4 Å². The fraction of sp³-hybridized carbons (Fsp3) is 0.125. The summed E-state index contributed by atoms with van der Waals surface area (Å²) < 4.78 is 1.45. The smallest absolute Gasteiger partial charge is 0.246 e. The van der Waals surface area contributed by atoms with Crippen LogP contribution in [0.2, 0.25) is 5.02 Å². The van der Waals surface area contributed by atoms with E-state index in [1.807, 2.05) is 43.3 Å². The summed E-state index contributed by atoms with van der Waals surface area (Å²) >= 11 is 5.88. The van der Waals surface area contributed by atoms with Crippen LogP contribution in [0.25, 0.3) is 11.4 Å². The Morgan fingerprint density at radius 3 is 2.52 bits per heavy atom. The highest BCUT2D eigenvalue weighted by molar-refractivity contribution is 6.30. The zero-order valence-corrected chi connectivity index (χ0v) is 13.2. The molecule has 0 fully saturated rings. The maximum atomic E-state index is 12.2. The number of halogens is 1. The normalized spacial score (nSPS) is 10.5. The molecule has 116 valence electrons. The standard InChI is InChI=1S/C16H14ClN5O/c1-11-2-8-14(9-3-11)18-15(23)10-22-16(19-20-21-22)12-4-6-13(17)7-5-12/h2-9H,10H2,1H3,(H,18,23). The second-order valence-corrected chi connectivity index (χ2v) is 5.52. The summed E-state index contributed by atoms with van der Waals surface area (Å²) in [4.78, 5) is 12.2. The number of carbonyl (C=O) groups is 1. The molecular formula is C16H14ClN5O. The van der Waals surface area contributed by atoms with Crippen molar-refractivity contribution < 1.29 is 4.79 Å². The van der Waals surface area contributed by atoms with Gasteiger partial charge in [0.2, 0.25) is 5.91 Å². The molecule has 6 nitrogen and oxygen atoms in total. The monoisotopic (exact) mass is 327 g/mol. The van der Waals surface area contributed by atoms with Gasteiger partial charge in [0.15, 0.2) is 5.82 Å². The lowest BCUT2D eigenvalue weighted by molar-refractivity contribution is -0.116. The fourth-order valence-electron chi connectivity index (χ4n) is 2.09. The number of aryl methyl sites for hydroxylation is 1. The number of anilines is 1. The van der Waals surface area contributed by atoms with Gasteiger partial charge in [-0.3, -0.25) is 4.79 Å². The molecule has 3 aromatic rings. The second-order valence-electron chi connectivity index (χ2n) is 5.08. The van der Waals surface area contributed by atoms with Crippen LogP contribution < -0.4 is 5.32 Å². The third kappa shape index (κ3) is 3.73. The van der Waals surface area contributed by atoms with Crippen molar-refractivity contribution in [2.45, 2.75) is 13.5 Å². The van der Waals surface area contributed by atoms with Crippen molar-refractivity contribution in [2.75, 3.05) is 5.32 Å². The van der Waals surface area contributed by atoms with Crippen LogP contribution in [0.3, 0.4) is 0 Å². The average molecular weight is 328 g/mol. The van der Waals surface area contributed by atoms with Gasteiger partial charge in [-0.2, -0.15) is 0 Å². The molecule has 1 amide bonds. The van der Waals surface area contributed by atoms with E-state index in [0.717, 1.165) is 16.8 Å². The van der Waals surface area contributed by atoms with E-state index in [1.54, 1.807) is 12.1 Å². The largest absolute Gasteiger partial charge is 0.324 e. The van der Waals surface area contributed by atoms with E-state index in [4.69, 9.17) is 11.6 Å². The van der Waals surface area contributed by atoms with E-state index in [9.17, 15) is 4.79 Å². The number of nitrogens with zero attached hydrogens (tertiary/aromatic N) is 4. The molecule has 0 spiro atoms. The topological polar surface area (TPSA) is 72.7 Å². The predicted octanol–water partition coefficient (Wildman–Crippen LogP) is 2.94. The minimum absolute atomic E-state index is 0.0266. The Bertz CT molecular complexity index is 811. The first kappa shape index (κ1) is 15.2. The lowest BCUT2D eigenvalue weighted by atomic mass is 10.2. The quantitative estimate of drug-likeness (QED) is 0.799. The van der Waals surface area contributed by atoms with Crippen LogP contribution >= 0.6 is 11.6 Å². The van der Waals surface area contributed by atoms with Crippen molar-refractivity contribution >= 4 is 23.2 Å². The Morgan fingerprint density at radius 2 is 1.83 bits per heavy atom. The van der Waals surface area contributed by atoms with Crippen molar-refractivity contribution in [3.05, 3.63) is 59.1 Å². The number of hydrogen-bond donors (Lipinski definition) is 1. The summed E-state index contributed by atoms with van der Waals surface area (Å²) in [6.45, 7) is 2.02. The van der Waals surface area contributed by atoms with Crippen LogP contribution in [-0.2, 0) is 11.3 Å². The van der Waals surface area contributed by atoms with E-state index >= 15 is 0 Å². The highest BCUT2D eigenvalue weighted by atomic mass is 35.5. The highest BCUT2D eigenvalue weighted by Crippen LogP contribution is 2.18. The molecule has 1 aromatic heterocycles. The molecule has 0 radical (unpaired) electrons. The maximum absolute atomic E-state index is 12.2. The average Bonchev–Trinajstić information content (AvgIpc) is 2.98. The lowest BCUT2D eigenvalue weighted by Gasteiger charge is -2.07. The molecular weight excluding hydrogens is 314 g/mol. The van der Waals surface area contributed by atoms with Crippen molar-refractivity contribution in [1.29, 1.82) is 0 Å². The van der Waals surface area contributed by atoms with Gasteiger partial charge in [0, 0.05) is 16.3 Å². The summed E-state index contributed by atoms with van der Waals surface area (Å²) in [7, 11) is 0. The van der Waals surface area contributed by atoms with Gasteiger partial charge in [0.05, 0.1) is 0 Å². The van der Waals surface area contributed by atoms with Gasteiger partial charge in [-0.1, -0.05) is 29.3 Å². The number of amides is 1. The van der Waals surface area contributed by atoms with Crippen LogP contribution in [0.15, 0.2) is 48.5 Å². The number of aromatic nitrogens is 4. The SMILES string of the molecule is Cc1ccc(NC(=O)Cn2nnnc2-c2ccc(Cl)cc2)cc1. The number of nitrogens with one attached hydrogen (secondary N) is 1. The van der Waals surface area contributed by atoms with Gasteiger partial charge in [-0.15, -0.1) is 5.10 Å². The van der Waals surface area contributed by atoms with E-state index in [2.05, 4.69) is 20.8 Å². The van der Waals surface area contributed by atoms with Gasteiger partial charge in [-0.25, -0.2) is 4.68 Å². The van der Waals surface area contributed by atoms with E-state index in [1.165, 1.54) is 4.68 Å². The molecule has 0 bridgehead atoms. The minimum atomic E-state index is -0.198. The number of hydrogen-bond acceptors (Lipinski definition) is 4. The van der Waals surface area contributed by atoms with Gasteiger partial charge in [0.25, 0.3) is 0 Å². The molecule has 1 heterocycles. The Hall–Kier alpha value is -2.73. The van der Waals surface area contributed by atoms with Gasteiger partial charge in [-0.05, 0) is 53.7 Å². The summed E-state index contributed by atoms with van der Waals surface area (Å²) in [5.41, 5.74) is 2.66. The first-order chi connectivity index (χ1) is 11.1. The van der Waals surface area contributed by atoms with Gasteiger partial charge >= 0.3 is 0 Å². The molecule has 0 unspecified atom stereocenters. The molecule has 0 saturated carbocycles. The number of rotatable bonds is 4. The first-order valence-corrected chi connectivity index (χ1v) is 7.38. The van der Waals surface area contributed by atoms with E-state index in [0.29, 0.717) is 10.8 Å². The second kappa shape index (κ2) is 6.58. The summed E-state index contributed by atoms with van der Waals surface area (Å²) in [6, 6.07) is 14.7. The van der Waals surface area contributed by atoms with Crippen LogP contribution in [0.5, 0.6) is 0 Å². The molecule has 23 heavy (non-hydrogen) atoms. The summed E-state index contributed by atoms with van der Waals surface area (Å²) in [5.74, 6) is 0.317. The van der Waals surface area contributed by atoms with Gasteiger partial charge in [0.1, 0.15) is 6.54 Å². The number of benzene rings is 2. The van der Waals surface area contributed by atoms with Crippen LogP contribution in [0, 0.1) is 6.92 Å². The highest BCUT2D eigenvalue weighted by Gasteiger charge is 2.12. The molecule has 0 aliphatic rings. The zero-order chi connectivity index (χ0) is 16.2. The van der Waals surface area contributed by atoms with Gasteiger partial charge < -0.3 is 5.32 Å². The van der Waals surface area contributed by atoms with Crippen molar-refractivity contribution in [3.63, 3.8) is 0 Å². The third-order valence-electron chi connectivity index (χ3n) is 3.26. The molecule has 0 aliphatic heterocycles. The summed E-state index contributed by atoms with van der Waals surface area (Å²) in [6.07, 6.45) is 0. The molecule has 0 saturated heterocycles. The van der Waals surface area contributed by atoms with E-state index < -0.39 is 0 Å². The Labute approximate surface area is 138 Å². The Kier molecular flexibility index (Phi) is 4.34. The lowest BCUT2D eigenvalue weighted by Crippen LogP contribution is -2.20. The van der Waals surface area contributed by atoms with E-state index in [-0.39, 0.29) is 12.5 Å². The molecule has 1 N–H and O–H groups in total. The fourth-order valence-corrected chi connectivity index (χ4v) is 2.22. The maximum Gasteiger partial charge on any atom is 0.246 e. The molecule has 3 rings (SSSR count). The minimum Gasteiger partial charge on any atom is -0.324 e. The molecule has 2 aromatic carbocycles. The van der Waals surface area contributed by atoms with Crippen LogP contribution in [0.4, 0.5) is 5.69 Å². The molecule has 7 heteroatoms. The van der Waals surface area contributed by atoms with Crippen molar-refractivity contribution in [1.82, 2.24) is 20.2 Å².